The fourth-order valence-corrected chi connectivity index (χ4v) is 2.42. The lowest BCUT2D eigenvalue weighted by Gasteiger charge is -2.28. The Morgan fingerprint density at radius 3 is 2.42 bits per heavy atom. The summed E-state index contributed by atoms with van der Waals surface area (Å²) in [6, 6.07) is 4.26. The fourth-order valence-electron chi connectivity index (χ4n) is 1.61. The molecule has 1 heterocycles. The average molecular weight is 287 g/mol. The van der Waals surface area contributed by atoms with Gasteiger partial charge in [-0.1, -0.05) is 12.1 Å². The van der Waals surface area contributed by atoms with Crippen molar-refractivity contribution >= 4 is 7.60 Å². The topological polar surface area (TPSA) is 108 Å². The van der Waals surface area contributed by atoms with Crippen molar-refractivity contribution in [1.82, 2.24) is 14.8 Å². The van der Waals surface area contributed by atoms with Gasteiger partial charge >= 0.3 is 7.60 Å². The Bertz CT molecular complexity index is 598. The molecule has 0 fully saturated rings. The molecule has 0 spiro atoms. The Labute approximate surface area is 107 Å². The lowest BCUT2D eigenvalue weighted by atomic mass is 10.1. The van der Waals surface area contributed by atoms with Crippen molar-refractivity contribution < 1.29 is 23.8 Å². The van der Waals surface area contributed by atoms with Crippen molar-refractivity contribution in [2.24, 2.45) is 0 Å². The summed E-state index contributed by atoms with van der Waals surface area (Å²) in [5, 5.41) is 11.5. The molecule has 2 aromatic rings. The van der Waals surface area contributed by atoms with Crippen molar-refractivity contribution in [1.29, 1.82) is 0 Å². The zero-order valence-corrected chi connectivity index (χ0v) is 10.5. The molecule has 1 aromatic carbocycles. The molecule has 0 aliphatic rings. The van der Waals surface area contributed by atoms with Crippen LogP contribution in [0.15, 0.2) is 36.9 Å². The van der Waals surface area contributed by atoms with Crippen molar-refractivity contribution in [3.63, 3.8) is 0 Å². The highest BCUT2D eigenvalue weighted by atomic mass is 31.2. The normalized spacial score (nSPS) is 15.2. The van der Waals surface area contributed by atoms with Gasteiger partial charge in [-0.25, -0.2) is 14.1 Å². The summed E-state index contributed by atoms with van der Waals surface area (Å²) in [5.41, 5.74) is -0.0993. The number of nitrogens with zero attached hydrogens (tertiary/aromatic N) is 3. The maximum atomic E-state index is 12.8. The summed E-state index contributed by atoms with van der Waals surface area (Å²) in [6.07, 6.45) is 2.38. The van der Waals surface area contributed by atoms with Crippen LogP contribution in [0.25, 0.3) is 0 Å². The Morgan fingerprint density at radius 1 is 1.32 bits per heavy atom. The maximum Gasteiger partial charge on any atom is 0.363 e. The third kappa shape index (κ3) is 2.71. The third-order valence-electron chi connectivity index (χ3n) is 2.64. The Hall–Kier alpha value is -1.60. The highest BCUT2D eigenvalue weighted by Crippen LogP contribution is 2.55. The predicted octanol–water partition coefficient (Wildman–Crippen LogP) is 0.440. The van der Waals surface area contributed by atoms with E-state index in [4.69, 9.17) is 0 Å². The molecule has 9 heteroatoms. The van der Waals surface area contributed by atoms with Gasteiger partial charge in [0, 0.05) is 0 Å². The van der Waals surface area contributed by atoms with E-state index in [1.165, 1.54) is 12.7 Å². The molecule has 1 unspecified atom stereocenters. The van der Waals surface area contributed by atoms with E-state index in [-0.39, 0.29) is 5.56 Å². The molecular weight excluding hydrogens is 276 g/mol. The standard InChI is InChI=1S/C10H11FN3O4P/c11-9-3-1-8(2-4-9)10(15,19(16,17)18)5-14-7-12-6-13-14/h1-4,6-7,15H,5H2,(H2,16,17,18). The van der Waals surface area contributed by atoms with E-state index in [2.05, 4.69) is 10.1 Å². The molecule has 0 amide bonds. The van der Waals surface area contributed by atoms with Crippen LogP contribution in [-0.4, -0.2) is 29.7 Å². The second kappa shape index (κ2) is 4.82. The molecule has 0 radical (unpaired) electrons. The molecule has 0 bridgehead atoms. The second-order valence-electron chi connectivity index (χ2n) is 3.96. The number of aromatic nitrogens is 3. The minimum atomic E-state index is -4.92. The number of hydrogen-bond acceptors (Lipinski definition) is 4. The van der Waals surface area contributed by atoms with Crippen LogP contribution in [-0.2, 0) is 16.5 Å². The Morgan fingerprint density at radius 2 is 1.95 bits per heavy atom. The highest BCUT2D eigenvalue weighted by Gasteiger charge is 2.47. The first-order valence-electron chi connectivity index (χ1n) is 5.19. The smallest absolute Gasteiger partial charge is 0.363 e. The van der Waals surface area contributed by atoms with Gasteiger partial charge in [0.25, 0.3) is 0 Å². The summed E-state index contributed by atoms with van der Waals surface area (Å²) in [5.74, 6) is -0.572. The van der Waals surface area contributed by atoms with E-state index >= 15 is 0 Å². The van der Waals surface area contributed by atoms with Gasteiger partial charge in [0.1, 0.15) is 18.5 Å². The van der Waals surface area contributed by atoms with Crippen molar-refractivity contribution in [3.8, 4) is 0 Å². The van der Waals surface area contributed by atoms with Crippen LogP contribution in [0.5, 0.6) is 0 Å². The van der Waals surface area contributed by atoms with Crippen LogP contribution in [0.4, 0.5) is 4.39 Å². The molecule has 7 nitrogen and oxygen atoms in total. The Kier molecular flexibility index (Phi) is 3.51. The van der Waals surface area contributed by atoms with Crippen LogP contribution < -0.4 is 0 Å². The predicted molar refractivity (Wildman–Crippen MR) is 62.4 cm³/mol. The van der Waals surface area contributed by atoms with E-state index in [0.717, 1.165) is 28.9 Å². The van der Waals surface area contributed by atoms with Gasteiger partial charge in [0.2, 0.25) is 5.34 Å². The molecule has 0 aliphatic carbocycles. The van der Waals surface area contributed by atoms with Gasteiger partial charge in [-0.15, -0.1) is 0 Å². The van der Waals surface area contributed by atoms with Crippen LogP contribution in [0.3, 0.4) is 0 Å². The van der Waals surface area contributed by atoms with Gasteiger partial charge in [-0.05, 0) is 17.7 Å². The summed E-state index contributed by atoms with van der Waals surface area (Å²) < 4.78 is 25.5. The first kappa shape index (κ1) is 13.8. The Balaban J connectivity index is 2.46. The molecule has 0 saturated carbocycles. The van der Waals surface area contributed by atoms with Crippen molar-refractivity contribution in [2.75, 3.05) is 0 Å². The quantitative estimate of drug-likeness (QED) is 0.704. The number of aliphatic hydroxyl groups is 1. The molecule has 19 heavy (non-hydrogen) atoms. The van der Waals surface area contributed by atoms with Crippen LogP contribution in [0, 0.1) is 5.82 Å². The number of halogens is 1. The molecule has 2 rings (SSSR count). The summed E-state index contributed by atoms with van der Waals surface area (Å²) in [6.45, 7) is -0.497. The zero-order chi connectivity index (χ0) is 14.1. The van der Waals surface area contributed by atoms with Crippen molar-refractivity contribution in [2.45, 2.75) is 11.9 Å². The molecule has 1 aromatic heterocycles. The van der Waals surface area contributed by atoms with Gasteiger partial charge in [0.05, 0.1) is 6.54 Å². The van der Waals surface area contributed by atoms with Crippen LogP contribution in [0.2, 0.25) is 0 Å². The molecule has 3 N–H and O–H groups in total. The second-order valence-corrected chi connectivity index (χ2v) is 5.79. The number of benzene rings is 1. The van der Waals surface area contributed by atoms with E-state index in [0.29, 0.717) is 0 Å². The van der Waals surface area contributed by atoms with E-state index in [1.54, 1.807) is 0 Å². The van der Waals surface area contributed by atoms with E-state index in [1.807, 2.05) is 0 Å². The molecule has 102 valence electrons. The van der Waals surface area contributed by atoms with Gasteiger partial charge < -0.3 is 14.9 Å². The van der Waals surface area contributed by atoms with Gasteiger partial charge in [-0.2, -0.15) is 5.10 Å². The lowest BCUT2D eigenvalue weighted by Crippen LogP contribution is -2.31. The summed E-state index contributed by atoms with van der Waals surface area (Å²) in [4.78, 5) is 22.4. The third-order valence-corrected chi connectivity index (χ3v) is 4.00. The molecular formula is C10H11FN3O4P. The first-order chi connectivity index (χ1) is 8.83. The van der Waals surface area contributed by atoms with E-state index < -0.39 is 25.3 Å². The highest BCUT2D eigenvalue weighted by molar-refractivity contribution is 7.52. The minimum Gasteiger partial charge on any atom is -0.372 e. The molecule has 0 aliphatic heterocycles. The largest absolute Gasteiger partial charge is 0.372 e. The van der Waals surface area contributed by atoms with Gasteiger partial charge in [-0.3, -0.25) is 4.57 Å². The SMILES string of the molecule is O=P(O)(O)C(O)(Cn1cncn1)c1ccc(F)cc1. The summed E-state index contributed by atoms with van der Waals surface area (Å²) in [7, 11) is -4.92. The number of hydrogen-bond donors (Lipinski definition) is 3. The zero-order valence-electron chi connectivity index (χ0n) is 9.59. The molecule has 0 saturated heterocycles. The van der Waals surface area contributed by atoms with Crippen LogP contribution in [0.1, 0.15) is 5.56 Å². The van der Waals surface area contributed by atoms with Gasteiger partial charge in [0.15, 0.2) is 0 Å². The summed E-state index contributed by atoms with van der Waals surface area (Å²) >= 11 is 0. The average Bonchev–Trinajstić information content (AvgIpc) is 2.81. The lowest BCUT2D eigenvalue weighted by molar-refractivity contribution is 0.0680. The van der Waals surface area contributed by atoms with Crippen molar-refractivity contribution in [3.05, 3.63) is 48.3 Å². The minimum absolute atomic E-state index is 0.0993. The first-order valence-corrected chi connectivity index (χ1v) is 6.81. The fraction of sp³-hybridized carbons (Fsp3) is 0.200. The number of rotatable bonds is 4. The van der Waals surface area contributed by atoms with E-state index in [9.17, 15) is 23.8 Å². The monoisotopic (exact) mass is 287 g/mol. The van der Waals surface area contributed by atoms with Crippen LogP contribution >= 0.6 is 7.60 Å². The maximum absolute atomic E-state index is 12.8. The molecule has 1 atom stereocenters.